The van der Waals surface area contributed by atoms with E-state index in [0.29, 0.717) is 5.69 Å². The molecule has 0 bridgehead atoms. The summed E-state index contributed by atoms with van der Waals surface area (Å²) >= 11 is 0. The Kier molecular flexibility index (Phi) is 7.00. The molecule has 18 heavy (non-hydrogen) atoms. The third kappa shape index (κ3) is 5.26. The highest BCUT2D eigenvalue weighted by molar-refractivity contribution is 5.25. The van der Waals surface area contributed by atoms with Gasteiger partial charge in [0.15, 0.2) is 0 Å². The van der Waals surface area contributed by atoms with Crippen molar-refractivity contribution in [2.24, 2.45) is 0 Å². The summed E-state index contributed by atoms with van der Waals surface area (Å²) in [5, 5.41) is 12.2. The Balaban J connectivity index is 2.27. The van der Waals surface area contributed by atoms with Crippen LogP contribution in [0, 0.1) is 11.3 Å². The van der Waals surface area contributed by atoms with Crippen molar-refractivity contribution in [3.8, 4) is 6.07 Å². The summed E-state index contributed by atoms with van der Waals surface area (Å²) in [6, 6.07) is 5.83. The molecule has 0 amide bonds. The van der Waals surface area contributed by atoms with Crippen LogP contribution in [-0.4, -0.2) is 36.1 Å². The van der Waals surface area contributed by atoms with E-state index in [2.05, 4.69) is 35.1 Å². The predicted octanol–water partition coefficient (Wildman–Crippen LogP) is 1.77. The average Bonchev–Trinajstić information content (AvgIpc) is 2.42. The Morgan fingerprint density at radius 3 is 2.89 bits per heavy atom. The molecule has 0 saturated heterocycles. The van der Waals surface area contributed by atoms with Crippen LogP contribution < -0.4 is 5.32 Å². The van der Waals surface area contributed by atoms with Crippen molar-refractivity contribution in [2.45, 2.75) is 26.8 Å². The smallest absolute Gasteiger partial charge is 0.140 e. The summed E-state index contributed by atoms with van der Waals surface area (Å²) in [5.74, 6) is 0. The molecule has 1 rings (SSSR count). The van der Waals surface area contributed by atoms with Crippen LogP contribution in [0.1, 0.15) is 31.5 Å². The first-order chi connectivity index (χ1) is 8.80. The van der Waals surface area contributed by atoms with Gasteiger partial charge in [-0.1, -0.05) is 13.8 Å². The highest BCUT2D eigenvalue weighted by Crippen LogP contribution is 2.00. The summed E-state index contributed by atoms with van der Waals surface area (Å²) in [7, 11) is 0. The van der Waals surface area contributed by atoms with Gasteiger partial charge in [-0.3, -0.25) is 0 Å². The zero-order valence-electron chi connectivity index (χ0n) is 11.3. The van der Waals surface area contributed by atoms with Gasteiger partial charge in [0.2, 0.25) is 0 Å². The van der Waals surface area contributed by atoms with Crippen molar-refractivity contribution in [1.29, 1.82) is 5.26 Å². The second kappa shape index (κ2) is 8.62. The van der Waals surface area contributed by atoms with E-state index in [1.54, 1.807) is 6.20 Å². The van der Waals surface area contributed by atoms with Crippen molar-refractivity contribution in [2.75, 3.05) is 26.2 Å². The summed E-state index contributed by atoms with van der Waals surface area (Å²) in [4.78, 5) is 6.39. The van der Waals surface area contributed by atoms with Gasteiger partial charge in [-0.15, -0.1) is 0 Å². The Morgan fingerprint density at radius 1 is 1.39 bits per heavy atom. The minimum absolute atomic E-state index is 0.482. The van der Waals surface area contributed by atoms with E-state index in [-0.39, 0.29) is 0 Å². The maximum atomic E-state index is 8.76. The summed E-state index contributed by atoms with van der Waals surface area (Å²) in [6.07, 6.45) is 2.88. The summed E-state index contributed by atoms with van der Waals surface area (Å²) in [6.45, 7) is 9.49. The highest BCUT2D eigenvalue weighted by atomic mass is 15.1. The second-order valence-electron chi connectivity index (χ2n) is 4.27. The maximum Gasteiger partial charge on any atom is 0.140 e. The van der Waals surface area contributed by atoms with Gasteiger partial charge >= 0.3 is 0 Å². The van der Waals surface area contributed by atoms with Crippen molar-refractivity contribution >= 4 is 0 Å². The topological polar surface area (TPSA) is 52.0 Å². The number of pyridine rings is 1. The SMILES string of the molecule is CCCN(CC)CCNCc1ccnc(C#N)c1. The van der Waals surface area contributed by atoms with E-state index in [9.17, 15) is 0 Å². The number of hydrogen-bond acceptors (Lipinski definition) is 4. The average molecular weight is 246 g/mol. The standard InChI is InChI=1S/C14H22N4/c1-3-8-18(4-2)9-7-16-12-13-5-6-17-14(10-13)11-15/h5-6,10,16H,3-4,7-9,12H2,1-2H3. The first-order valence-corrected chi connectivity index (χ1v) is 6.58. The van der Waals surface area contributed by atoms with E-state index in [4.69, 9.17) is 5.26 Å². The van der Waals surface area contributed by atoms with E-state index in [1.807, 2.05) is 12.1 Å². The van der Waals surface area contributed by atoms with Gasteiger partial charge in [0.1, 0.15) is 11.8 Å². The molecule has 0 spiro atoms. The van der Waals surface area contributed by atoms with Gasteiger partial charge in [0.25, 0.3) is 0 Å². The zero-order chi connectivity index (χ0) is 13.2. The van der Waals surface area contributed by atoms with Gasteiger partial charge in [-0.25, -0.2) is 4.98 Å². The van der Waals surface area contributed by atoms with Crippen molar-refractivity contribution in [1.82, 2.24) is 15.2 Å². The molecule has 98 valence electrons. The molecule has 0 aromatic carbocycles. The molecule has 0 saturated carbocycles. The molecule has 4 heteroatoms. The highest BCUT2D eigenvalue weighted by Gasteiger charge is 2.00. The van der Waals surface area contributed by atoms with Crippen LogP contribution in [0.2, 0.25) is 0 Å². The Bertz CT molecular complexity index is 384. The first kappa shape index (κ1) is 14.6. The maximum absolute atomic E-state index is 8.76. The van der Waals surface area contributed by atoms with E-state index in [0.717, 1.165) is 38.3 Å². The number of hydrogen-bond donors (Lipinski definition) is 1. The number of nitrogens with one attached hydrogen (secondary N) is 1. The molecular weight excluding hydrogens is 224 g/mol. The van der Waals surface area contributed by atoms with Gasteiger partial charge in [-0.2, -0.15) is 5.26 Å². The number of nitrogens with zero attached hydrogens (tertiary/aromatic N) is 3. The number of likely N-dealkylation sites (N-methyl/N-ethyl adjacent to an activating group) is 1. The fourth-order valence-electron chi connectivity index (χ4n) is 1.86. The number of rotatable bonds is 8. The molecule has 1 aromatic heterocycles. The Labute approximate surface area is 110 Å². The minimum atomic E-state index is 0.482. The van der Waals surface area contributed by atoms with Crippen molar-refractivity contribution in [3.63, 3.8) is 0 Å². The fourth-order valence-corrected chi connectivity index (χ4v) is 1.86. The summed E-state index contributed by atoms with van der Waals surface area (Å²) < 4.78 is 0. The zero-order valence-corrected chi connectivity index (χ0v) is 11.3. The quantitative estimate of drug-likeness (QED) is 0.710. The van der Waals surface area contributed by atoms with Crippen LogP contribution in [0.3, 0.4) is 0 Å². The summed E-state index contributed by atoms with van der Waals surface area (Å²) in [5.41, 5.74) is 1.59. The molecule has 1 heterocycles. The second-order valence-corrected chi connectivity index (χ2v) is 4.27. The molecule has 0 fully saturated rings. The minimum Gasteiger partial charge on any atom is -0.311 e. The first-order valence-electron chi connectivity index (χ1n) is 6.58. The monoisotopic (exact) mass is 246 g/mol. The van der Waals surface area contributed by atoms with Gasteiger partial charge < -0.3 is 10.2 Å². The molecule has 1 N–H and O–H groups in total. The molecular formula is C14H22N4. The van der Waals surface area contributed by atoms with Crippen molar-refractivity contribution < 1.29 is 0 Å². The fraction of sp³-hybridized carbons (Fsp3) is 0.571. The van der Waals surface area contributed by atoms with E-state index >= 15 is 0 Å². The molecule has 1 aromatic rings. The van der Waals surface area contributed by atoms with Crippen LogP contribution in [-0.2, 0) is 6.54 Å². The third-order valence-electron chi connectivity index (χ3n) is 2.86. The van der Waals surface area contributed by atoms with E-state index in [1.165, 1.54) is 6.42 Å². The number of nitriles is 1. The molecule has 0 aliphatic heterocycles. The van der Waals surface area contributed by atoms with Crippen LogP contribution in [0.25, 0.3) is 0 Å². The lowest BCUT2D eigenvalue weighted by Gasteiger charge is -2.19. The van der Waals surface area contributed by atoms with Crippen LogP contribution in [0.15, 0.2) is 18.3 Å². The molecule has 0 aliphatic rings. The lowest BCUT2D eigenvalue weighted by atomic mass is 10.2. The third-order valence-corrected chi connectivity index (χ3v) is 2.86. The Morgan fingerprint density at radius 2 is 2.22 bits per heavy atom. The van der Waals surface area contributed by atoms with Gasteiger partial charge in [-0.05, 0) is 37.2 Å². The van der Waals surface area contributed by atoms with E-state index < -0.39 is 0 Å². The molecule has 4 nitrogen and oxygen atoms in total. The van der Waals surface area contributed by atoms with Crippen LogP contribution in [0.4, 0.5) is 0 Å². The van der Waals surface area contributed by atoms with Gasteiger partial charge in [0.05, 0.1) is 0 Å². The molecule has 0 unspecified atom stereocenters. The molecule has 0 atom stereocenters. The lowest BCUT2D eigenvalue weighted by Crippen LogP contribution is -2.32. The molecule has 0 aliphatic carbocycles. The van der Waals surface area contributed by atoms with Gasteiger partial charge in [0, 0.05) is 25.8 Å². The van der Waals surface area contributed by atoms with Crippen LogP contribution >= 0.6 is 0 Å². The normalized spacial score (nSPS) is 10.6. The van der Waals surface area contributed by atoms with Crippen LogP contribution in [0.5, 0.6) is 0 Å². The molecule has 0 radical (unpaired) electrons. The Hall–Kier alpha value is -1.44. The lowest BCUT2D eigenvalue weighted by molar-refractivity contribution is 0.287. The van der Waals surface area contributed by atoms with Crippen molar-refractivity contribution in [3.05, 3.63) is 29.6 Å². The number of aromatic nitrogens is 1. The largest absolute Gasteiger partial charge is 0.311 e. The predicted molar refractivity (Wildman–Crippen MR) is 73.1 cm³/mol.